The standard InChI is InChI=1S/C15H12N2OS2/c1-10-4-6-11(7-5-10)16-14-13(20-15(18)17-14)9-12-3-2-8-19-12/h2-9H,1H3,(H,16,17,18)/b13-9-. The number of amidine groups is 1. The molecule has 0 spiro atoms. The lowest BCUT2D eigenvalue weighted by atomic mass is 10.2. The molecule has 1 aromatic heterocycles. The number of benzene rings is 1. The number of hydrogen-bond donors (Lipinski definition) is 1. The van der Waals surface area contributed by atoms with Crippen LogP contribution in [0.5, 0.6) is 0 Å². The van der Waals surface area contributed by atoms with E-state index in [-0.39, 0.29) is 5.24 Å². The van der Waals surface area contributed by atoms with Crippen molar-refractivity contribution in [2.45, 2.75) is 6.92 Å². The number of thioether (sulfide) groups is 1. The normalized spacial score (nSPS) is 18.8. The predicted molar refractivity (Wildman–Crippen MR) is 86.7 cm³/mol. The van der Waals surface area contributed by atoms with Crippen LogP contribution >= 0.6 is 23.1 Å². The molecule has 0 unspecified atom stereocenters. The molecule has 3 rings (SSSR count). The van der Waals surface area contributed by atoms with Crippen molar-refractivity contribution in [1.82, 2.24) is 5.32 Å². The molecule has 1 aliphatic rings. The van der Waals surface area contributed by atoms with Gasteiger partial charge in [-0.15, -0.1) is 11.3 Å². The van der Waals surface area contributed by atoms with Crippen molar-refractivity contribution in [1.29, 1.82) is 0 Å². The number of carbonyl (C=O) groups is 1. The average molecular weight is 300 g/mol. The Morgan fingerprint density at radius 1 is 1.20 bits per heavy atom. The molecule has 2 aromatic rings. The van der Waals surface area contributed by atoms with Crippen molar-refractivity contribution >= 4 is 45.9 Å². The van der Waals surface area contributed by atoms with Crippen LogP contribution in [0.4, 0.5) is 10.5 Å². The maximum absolute atomic E-state index is 11.6. The molecule has 20 heavy (non-hydrogen) atoms. The summed E-state index contributed by atoms with van der Waals surface area (Å²) < 4.78 is 0. The molecule has 1 fully saturated rings. The number of thiophene rings is 1. The molecule has 0 atom stereocenters. The summed E-state index contributed by atoms with van der Waals surface area (Å²) in [6.07, 6.45) is 1.99. The molecule has 0 bridgehead atoms. The first-order valence-corrected chi connectivity index (χ1v) is 7.80. The summed E-state index contributed by atoms with van der Waals surface area (Å²) in [5.74, 6) is 0.622. The number of nitrogens with one attached hydrogen (secondary N) is 1. The van der Waals surface area contributed by atoms with Gasteiger partial charge in [-0.3, -0.25) is 4.79 Å². The van der Waals surface area contributed by atoms with Crippen molar-refractivity contribution in [3.8, 4) is 0 Å². The fraction of sp³-hybridized carbons (Fsp3) is 0.0667. The Kier molecular flexibility index (Phi) is 3.71. The van der Waals surface area contributed by atoms with Crippen LogP contribution in [-0.2, 0) is 0 Å². The minimum absolute atomic E-state index is 0.0846. The highest BCUT2D eigenvalue weighted by atomic mass is 32.2. The van der Waals surface area contributed by atoms with E-state index in [0.717, 1.165) is 15.5 Å². The van der Waals surface area contributed by atoms with Gasteiger partial charge >= 0.3 is 0 Å². The molecule has 3 nitrogen and oxygen atoms in total. The van der Waals surface area contributed by atoms with E-state index in [1.165, 1.54) is 17.3 Å². The monoisotopic (exact) mass is 300 g/mol. The van der Waals surface area contributed by atoms with Crippen LogP contribution in [0.25, 0.3) is 6.08 Å². The van der Waals surface area contributed by atoms with Crippen molar-refractivity contribution in [3.05, 3.63) is 57.1 Å². The number of aliphatic imine (C=N–C) groups is 1. The number of rotatable bonds is 2. The lowest BCUT2D eigenvalue weighted by molar-refractivity contribution is 0.265. The third-order valence-electron chi connectivity index (χ3n) is 2.75. The Bertz CT molecular complexity index is 685. The van der Waals surface area contributed by atoms with Gasteiger partial charge in [0.1, 0.15) is 5.84 Å². The molecule has 1 aliphatic heterocycles. The zero-order valence-electron chi connectivity index (χ0n) is 10.8. The molecule has 100 valence electrons. The SMILES string of the molecule is Cc1ccc(N=C2NC(=O)S/C2=C\c2cccs2)cc1. The summed E-state index contributed by atoms with van der Waals surface area (Å²) in [6, 6.07) is 11.9. The van der Waals surface area contributed by atoms with E-state index in [2.05, 4.69) is 10.3 Å². The van der Waals surface area contributed by atoms with Gasteiger partial charge in [-0.1, -0.05) is 23.8 Å². The molecule has 0 radical (unpaired) electrons. The maximum Gasteiger partial charge on any atom is 0.289 e. The molecule has 0 aliphatic carbocycles. The third-order valence-corrected chi connectivity index (χ3v) is 4.39. The van der Waals surface area contributed by atoms with Crippen LogP contribution in [0.2, 0.25) is 0 Å². The van der Waals surface area contributed by atoms with Gasteiger partial charge in [-0.2, -0.15) is 0 Å². The number of carbonyl (C=O) groups excluding carboxylic acids is 1. The quantitative estimate of drug-likeness (QED) is 0.881. The smallest absolute Gasteiger partial charge is 0.289 e. The van der Waals surface area contributed by atoms with Gasteiger partial charge in [0.25, 0.3) is 5.24 Å². The summed E-state index contributed by atoms with van der Waals surface area (Å²) in [4.78, 5) is 18.1. The fourth-order valence-corrected chi connectivity index (χ4v) is 3.22. The largest absolute Gasteiger partial charge is 0.300 e. The van der Waals surface area contributed by atoms with E-state index in [1.807, 2.05) is 54.8 Å². The molecule has 1 N–H and O–H groups in total. The predicted octanol–water partition coefficient (Wildman–Crippen LogP) is 4.58. The molecule has 0 saturated carbocycles. The second-order valence-corrected chi connectivity index (χ2v) is 6.33. The first-order valence-electron chi connectivity index (χ1n) is 6.10. The van der Waals surface area contributed by atoms with E-state index in [4.69, 9.17) is 0 Å². The van der Waals surface area contributed by atoms with Crippen LogP contribution in [0.1, 0.15) is 10.4 Å². The molecule has 1 saturated heterocycles. The van der Waals surface area contributed by atoms with Crippen LogP contribution in [0.3, 0.4) is 0 Å². The number of hydrogen-bond acceptors (Lipinski definition) is 4. The van der Waals surface area contributed by atoms with Gasteiger partial charge in [-0.05, 0) is 48.3 Å². The summed E-state index contributed by atoms with van der Waals surface area (Å²) in [5.41, 5.74) is 2.03. The topological polar surface area (TPSA) is 41.5 Å². The Hall–Kier alpha value is -1.85. The van der Waals surface area contributed by atoms with Crippen molar-refractivity contribution < 1.29 is 4.79 Å². The van der Waals surface area contributed by atoms with Gasteiger partial charge in [0.05, 0.1) is 10.6 Å². The molecule has 1 aromatic carbocycles. The lowest BCUT2D eigenvalue weighted by Gasteiger charge is -1.99. The first-order chi connectivity index (χ1) is 9.70. The van der Waals surface area contributed by atoms with E-state index in [1.54, 1.807) is 11.3 Å². The maximum atomic E-state index is 11.6. The van der Waals surface area contributed by atoms with Crippen LogP contribution < -0.4 is 5.32 Å². The molecular weight excluding hydrogens is 288 g/mol. The third kappa shape index (κ3) is 3.00. The second kappa shape index (κ2) is 5.64. The summed E-state index contributed by atoms with van der Waals surface area (Å²) >= 11 is 2.82. The minimum atomic E-state index is -0.0846. The molecule has 2 heterocycles. The van der Waals surface area contributed by atoms with E-state index >= 15 is 0 Å². The van der Waals surface area contributed by atoms with Crippen LogP contribution in [0.15, 0.2) is 51.7 Å². The zero-order chi connectivity index (χ0) is 13.9. The van der Waals surface area contributed by atoms with E-state index < -0.39 is 0 Å². The minimum Gasteiger partial charge on any atom is -0.300 e. The summed E-state index contributed by atoms with van der Waals surface area (Å²) in [6.45, 7) is 2.03. The summed E-state index contributed by atoms with van der Waals surface area (Å²) in [7, 11) is 0. The average Bonchev–Trinajstić information content (AvgIpc) is 3.03. The highest BCUT2D eigenvalue weighted by Gasteiger charge is 2.23. The Balaban J connectivity index is 1.94. The molecule has 1 amide bonds. The second-order valence-electron chi connectivity index (χ2n) is 4.33. The van der Waals surface area contributed by atoms with Crippen molar-refractivity contribution in [2.75, 3.05) is 0 Å². The lowest BCUT2D eigenvalue weighted by Crippen LogP contribution is -2.18. The molecule has 5 heteroatoms. The van der Waals surface area contributed by atoms with Crippen molar-refractivity contribution in [2.24, 2.45) is 4.99 Å². The highest BCUT2D eigenvalue weighted by Crippen LogP contribution is 2.29. The van der Waals surface area contributed by atoms with Gasteiger partial charge in [0.2, 0.25) is 0 Å². The summed E-state index contributed by atoms with van der Waals surface area (Å²) in [5, 5.41) is 4.72. The van der Waals surface area contributed by atoms with E-state index in [0.29, 0.717) is 5.84 Å². The number of amides is 1. The fourth-order valence-electron chi connectivity index (χ4n) is 1.76. The van der Waals surface area contributed by atoms with Gasteiger partial charge in [0, 0.05) is 4.88 Å². The first kappa shape index (κ1) is 13.1. The highest BCUT2D eigenvalue weighted by molar-refractivity contribution is 8.18. The van der Waals surface area contributed by atoms with Gasteiger partial charge < -0.3 is 5.32 Å². The number of aryl methyl sites for hydroxylation is 1. The Labute approximate surface area is 125 Å². The van der Waals surface area contributed by atoms with Gasteiger partial charge in [-0.25, -0.2) is 4.99 Å². The van der Waals surface area contributed by atoms with Crippen LogP contribution in [-0.4, -0.2) is 11.1 Å². The Morgan fingerprint density at radius 2 is 2.00 bits per heavy atom. The van der Waals surface area contributed by atoms with Crippen LogP contribution in [0, 0.1) is 6.92 Å². The zero-order valence-corrected chi connectivity index (χ0v) is 12.4. The van der Waals surface area contributed by atoms with Crippen molar-refractivity contribution in [3.63, 3.8) is 0 Å². The molecular formula is C15H12N2OS2. The number of nitrogens with zero attached hydrogens (tertiary/aromatic N) is 1. The van der Waals surface area contributed by atoms with E-state index in [9.17, 15) is 4.79 Å². The Morgan fingerprint density at radius 3 is 2.70 bits per heavy atom. The van der Waals surface area contributed by atoms with Gasteiger partial charge in [0.15, 0.2) is 0 Å².